The fraction of sp³-hybridized carbons (Fsp3) is 0.600. The van der Waals surface area contributed by atoms with E-state index in [1.807, 2.05) is 0 Å². The fourth-order valence-corrected chi connectivity index (χ4v) is 4.06. The molecule has 2 unspecified atom stereocenters. The van der Waals surface area contributed by atoms with E-state index in [9.17, 15) is 0 Å². The monoisotopic (exact) mass is 249 g/mol. The van der Waals surface area contributed by atoms with Crippen LogP contribution in [0.1, 0.15) is 43.4 Å². The Morgan fingerprint density at radius 2 is 2.18 bits per heavy atom. The van der Waals surface area contributed by atoms with Crippen LogP contribution in [0.25, 0.3) is 0 Å². The molecule has 0 spiro atoms. The molecule has 0 aliphatic heterocycles. The zero-order valence-corrected chi connectivity index (χ0v) is 11.7. The van der Waals surface area contributed by atoms with E-state index in [2.05, 4.69) is 55.3 Å². The number of hydrogen-bond acceptors (Lipinski definition) is 2. The Balaban J connectivity index is 2.21. The highest BCUT2D eigenvalue weighted by Crippen LogP contribution is 2.35. The minimum absolute atomic E-state index is 0.533. The average Bonchev–Trinajstić information content (AvgIpc) is 2.54. The van der Waals surface area contributed by atoms with Crippen molar-refractivity contribution in [1.82, 2.24) is 5.32 Å². The molecular formula is C15H23NS. The molecule has 94 valence electrons. The van der Waals surface area contributed by atoms with Crippen LogP contribution in [0.3, 0.4) is 0 Å². The molecule has 2 heteroatoms. The summed E-state index contributed by atoms with van der Waals surface area (Å²) < 4.78 is 0. The molecule has 1 aliphatic rings. The zero-order chi connectivity index (χ0) is 12.1. The van der Waals surface area contributed by atoms with Crippen LogP contribution in [0.2, 0.25) is 0 Å². The van der Waals surface area contributed by atoms with Gasteiger partial charge in [0.2, 0.25) is 0 Å². The molecule has 1 nitrogen and oxygen atoms in total. The Hall–Kier alpha value is -0.470. The quantitative estimate of drug-likeness (QED) is 0.815. The van der Waals surface area contributed by atoms with Gasteiger partial charge in [-0.05, 0) is 49.6 Å². The number of hydrogen-bond donors (Lipinski definition) is 1. The second kappa shape index (κ2) is 6.46. The third kappa shape index (κ3) is 3.05. The molecule has 0 bridgehead atoms. The predicted molar refractivity (Wildman–Crippen MR) is 77.7 cm³/mol. The third-order valence-corrected chi connectivity index (χ3v) is 5.12. The van der Waals surface area contributed by atoms with Gasteiger partial charge in [-0.3, -0.25) is 0 Å². The first-order valence-corrected chi connectivity index (χ1v) is 7.78. The van der Waals surface area contributed by atoms with Crippen LogP contribution in [0, 0.1) is 0 Å². The number of nitrogens with one attached hydrogen (secondary N) is 1. The minimum atomic E-state index is 0.533. The number of fused-ring (bicyclic) bond motifs is 1. The van der Waals surface area contributed by atoms with Crippen LogP contribution >= 0.6 is 11.8 Å². The van der Waals surface area contributed by atoms with Crippen molar-refractivity contribution in [3.63, 3.8) is 0 Å². The van der Waals surface area contributed by atoms with E-state index < -0.39 is 0 Å². The molecule has 2 rings (SSSR count). The molecule has 0 radical (unpaired) electrons. The van der Waals surface area contributed by atoms with Crippen molar-refractivity contribution in [2.75, 3.05) is 12.8 Å². The normalized spacial score (nSPS) is 24.1. The summed E-state index contributed by atoms with van der Waals surface area (Å²) in [7, 11) is 2.10. The molecule has 1 N–H and O–H groups in total. The Labute approximate surface area is 109 Å². The second-order valence-corrected chi connectivity index (χ2v) is 6.11. The minimum Gasteiger partial charge on any atom is -0.312 e. The number of aryl methyl sites for hydroxylation is 1. The molecule has 0 aromatic heterocycles. The smallest absolute Gasteiger partial charge is 0.0440 e. The van der Waals surface area contributed by atoms with E-state index >= 15 is 0 Å². The van der Waals surface area contributed by atoms with Gasteiger partial charge in [-0.2, -0.15) is 11.8 Å². The van der Waals surface area contributed by atoms with Gasteiger partial charge in [0, 0.05) is 11.3 Å². The summed E-state index contributed by atoms with van der Waals surface area (Å²) in [4.78, 5) is 0. The van der Waals surface area contributed by atoms with Crippen molar-refractivity contribution in [3.8, 4) is 0 Å². The summed E-state index contributed by atoms with van der Waals surface area (Å²) in [5, 5.41) is 4.28. The Bertz CT molecular complexity index is 349. The summed E-state index contributed by atoms with van der Waals surface area (Å²) in [5.41, 5.74) is 3.08. The van der Waals surface area contributed by atoms with E-state index in [0.29, 0.717) is 6.04 Å². The summed E-state index contributed by atoms with van der Waals surface area (Å²) in [6, 6.07) is 9.49. The highest BCUT2D eigenvalue weighted by Gasteiger charge is 2.26. The van der Waals surface area contributed by atoms with Gasteiger partial charge in [0.05, 0.1) is 0 Å². The Morgan fingerprint density at radius 1 is 1.35 bits per heavy atom. The van der Waals surface area contributed by atoms with Gasteiger partial charge in [-0.15, -0.1) is 0 Å². The van der Waals surface area contributed by atoms with Crippen LogP contribution in [-0.4, -0.2) is 18.1 Å². The first kappa shape index (κ1) is 13.0. The van der Waals surface area contributed by atoms with Crippen molar-refractivity contribution in [2.45, 2.75) is 43.9 Å². The average molecular weight is 249 g/mol. The largest absolute Gasteiger partial charge is 0.312 e. The molecule has 0 heterocycles. The summed E-state index contributed by atoms with van der Waals surface area (Å²) in [6.07, 6.45) is 5.19. The van der Waals surface area contributed by atoms with E-state index in [0.717, 1.165) is 5.25 Å². The lowest BCUT2D eigenvalue weighted by molar-refractivity contribution is 0.548. The third-order valence-electron chi connectivity index (χ3n) is 3.54. The van der Waals surface area contributed by atoms with Gasteiger partial charge in [0.25, 0.3) is 0 Å². The van der Waals surface area contributed by atoms with Crippen molar-refractivity contribution in [3.05, 3.63) is 35.4 Å². The second-order valence-electron chi connectivity index (χ2n) is 4.77. The number of benzene rings is 1. The summed E-state index contributed by atoms with van der Waals surface area (Å²) >= 11 is 2.14. The van der Waals surface area contributed by atoms with Crippen molar-refractivity contribution in [2.24, 2.45) is 0 Å². The molecule has 2 atom stereocenters. The molecule has 1 aliphatic carbocycles. The number of thioether (sulfide) groups is 1. The van der Waals surface area contributed by atoms with E-state index in [1.54, 1.807) is 5.56 Å². The predicted octanol–water partition coefficient (Wildman–Crippen LogP) is 3.80. The first-order valence-electron chi connectivity index (χ1n) is 6.73. The molecule has 17 heavy (non-hydrogen) atoms. The zero-order valence-electron chi connectivity index (χ0n) is 10.9. The van der Waals surface area contributed by atoms with Gasteiger partial charge in [0.1, 0.15) is 0 Å². The highest BCUT2D eigenvalue weighted by atomic mass is 32.2. The van der Waals surface area contributed by atoms with Crippen LogP contribution in [-0.2, 0) is 6.42 Å². The van der Waals surface area contributed by atoms with Crippen molar-refractivity contribution in [1.29, 1.82) is 0 Å². The van der Waals surface area contributed by atoms with E-state index in [4.69, 9.17) is 0 Å². The first-order chi connectivity index (χ1) is 8.36. The maximum absolute atomic E-state index is 3.54. The summed E-state index contributed by atoms with van der Waals surface area (Å²) in [5.74, 6) is 1.28. The maximum Gasteiger partial charge on any atom is 0.0440 e. The van der Waals surface area contributed by atoms with Gasteiger partial charge < -0.3 is 5.32 Å². The van der Waals surface area contributed by atoms with E-state index in [-0.39, 0.29) is 0 Å². The summed E-state index contributed by atoms with van der Waals surface area (Å²) in [6.45, 7) is 2.27. The molecule has 0 saturated heterocycles. The van der Waals surface area contributed by atoms with Gasteiger partial charge >= 0.3 is 0 Å². The Kier molecular flexibility index (Phi) is 4.93. The molecular weight excluding hydrogens is 226 g/mol. The molecule has 1 aromatic carbocycles. The fourth-order valence-electron chi connectivity index (χ4n) is 2.72. The van der Waals surface area contributed by atoms with Crippen molar-refractivity contribution < 1.29 is 0 Å². The van der Waals surface area contributed by atoms with Gasteiger partial charge in [-0.1, -0.05) is 31.2 Å². The molecule has 1 aromatic rings. The van der Waals surface area contributed by atoms with Crippen LogP contribution in [0.4, 0.5) is 0 Å². The standard InChI is InChI=1S/C15H23NS/c1-3-11-17-14-10-6-8-12-7-4-5-9-13(12)15(14)16-2/h4-5,7,9,14-16H,3,6,8,10-11H2,1-2H3. The Morgan fingerprint density at radius 3 is 2.94 bits per heavy atom. The molecule has 0 saturated carbocycles. The number of rotatable bonds is 4. The van der Waals surface area contributed by atoms with E-state index in [1.165, 1.54) is 37.0 Å². The van der Waals surface area contributed by atoms with Gasteiger partial charge in [0.15, 0.2) is 0 Å². The van der Waals surface area contributed by atoms with Crippen LogP contribution < -0.4 is 5.32 Å². The lowest BCUT2D eigenvalue weighted by Gasteiger charge is -2.25. The van der Waals surface area contributed by atoms with Crippen LogP contribution in [0.5, 0.6) is 0 Å². The SMILES string of the molecule is CCCSC1CCCc2ccccc2C1NC. The lowest BCUT2D eigenvalue weighted by atomic mass is 9.99. The maximum atomic E-state index is 3.54. The molecule has 0 fully saturated rings. The topological polar surface area (TPSA) is 12.0 Å². The highest BCUT2D eigenvalue weighted by molar-refractivity contribution is 7.99. The molecule has 0 amide bonds. The van der Waals surface area contributed by atoms with Gasteiger partial charge in [-0.25, -0.2) is 0 Å². The van der Waals surface area contributed by atoms with Crippen molar-refractivity contribution >= 4 is 11.8 Å². The van der Waals surface area contributed by atoms with Crippen LogP contribution in [0.15, 0.2) is 24.3 Å². The lowest BCUT2D eigenvalue weighted by Crippen LogP contribution is -2.27.